The van der Waals surface area contributed by atoms with Crippen molar-refractivity contribution in [2.75, 3.05) is 26.7 Å². The summed E-state index contributed by atoms with van der Waals surface area (Å²) in [5.74, 6) is 0. The first-order chi connectivity index (χ1) is 7.84. The first kappa shape index (κ1) is 14.0. The zero-order chi connectivity index (χ0) is 11.6. The maximum atomic E-state index is 3.49. The van der Waals surface area contributed by atoms with Crippen LogP contribution in [0, 0.1) is 0 Å². The topological polar surface area (TPSA) is 15.3 Å². The molecule has 0 aromatic carbocycles. The first-order valence-electron chi connectivity index (χ1n) is 7.25. The molecule has 1 atom stereocenters. The van der Waals surface area contributed by atoms with E-state index in [2.05, 4.69) is 24.2 Å². The quantitative estimate of drug-likeness (QED) is 0.671. The third-order valence-corrected chi connectivity index (χ3v) is 3.78. The van der Waals surface area contributed by atoms with Gasteiger partial charge in [0.25, 0.3) is 0 Å². The Morgan fingerprint density at radius 1 is 1.06 bits per heavy atom. The molecule has 0 saturated carbocycles. The van der Waals surface area contributed by atoms with Crippen LogP contribution < -0.4 is 5.32 Å². The van der Waals surface area contributed by atoms with Crippen LogP contribution in [0.2, 0.25) is 0 Å². The van der Waals surface area contributed by atoms with Crippen LogP contribution in [0.25, 0.3) is 0 Å². The van der Waals surface area contributed by atoms with Crippen LogP contribution in [0.5, 0.6) is 0 Å². The summed E-state index contributed by atoms with van der Waals surface area (Å²) in [6.45, 7) is 6.02. The molecule has 0 amide bonds. The molecule has 1 N–H and O–H groups in total. The van der Waals surface area contributed by atoms with Gasteiger partial charge in [0.2, 0.25) is 0 Å². The molecule has 1 heterocycles. The van der Waals surface area contributed by atoms with E-state index in [-0.39, 0.29) is 0 Å². The normalized spacial score (nSPS) is 22.3. The third-order valence-electron chi connectivity index (χ3n) is 3.78. The highest BCUT2D eigenvalue weighted by atomic mass is 15.1. The zero-order valence-corrected chi connectivity index (χ0v) is 11.3. The molecule has 2 heteroatoms. The van der Waals surface area contributed by atoms with E-state index in [9.17, 15) is 0 Å². The van der Waals surface area contributed by atoms with Crippen molar-refractivity contribution in [3.8, 4) is 0 Å². The third kappa shape index (κ3) is 5.86. The largest absolute Gasteiger partial charge is 0.317 e. The van der Waals surface area contributed by atoms with Gasteiger partial charge in [-0.25, -0.2) is 0 Å². The predicted octanol–water partition coefficient (Wildman–Crippen LogP) is 3.03. The molecule has 1 aliphatic rings. The van der Waals surface area contributed by atoms with E-state index in [4.69, 9.17) is 0 Å². The molecule has 0 spiro atoms. The SMILES string of the molecule is CCCCCCCN(C)C1CCCNCC1. The highest BCUT2D eigenvalue weighted by molar-refractivity contribution is 4.73. The summed E-state index contributed by atoms with van der Waals surface area (Å²) in [7, 11) is 2.32. The maximum absolute atomic E-state index is 3.49. The van der Waals surface area contributed by atoms with Crippen LogP contribution in [0.3, 0.4) is 0 Å². The summed E-state index contributed by atoms with van der Waals surface area (Å²) in [6.07, 6.45) is 11.1. The molecular formula is C14H30N2. The number of nitrogens with one attached hydrogen (secondary N) is 1. The highest BCUT2D eigenvalue weighted by Crippen LogP contribution is 2.13. The van der Waals surface area contributed by atoms with Gasteiger partial charge in [0.15, 0.2) is 0 Å². The Kier molecular flexibility index (Phi) is 7.87. The van der Waals surface area contributed by atoms with Gasteiger partial charge in [-0.1, -0.05) is 32.6 Å². The minimum atomic E-state index is 0.834. The van der Waals surface area contributed by atoms with E-state index in [0.717, 1.165) is 6.04 Å². The van der Waals surface area contributed by atoms with Gasteiger partial charge in [0, 0.05) is 6.04 Å². The second kappa shape index (κ2) is 9.00. The van der Waals surface area contributed by atoms with E-state index in [1.165, 1.54) is 71.0 Å². The van der Waals surface area contributed by atoms with Crippen molar-refractivity contribution in [2.45, 2.75) is 64.3 Å². The fourth-order valence-electron chi connectivity index (χ4n) is 2.59. The molecule has 96 valence electrons. The Hall–Kier alpha value is -0.0800. The molecule has 1 fully saturated rings. The van der Waals surface area contributed by atoms with Crippen molar-refractivity contribution >= 4 is 0 Å². The number of rotatable bonds is 7. The highest BCUT2D eigenvalue weighted by Gasteiger charge is 2.15. The number of unbranched alkanes of at least 4 members (excludes halogenated alkanes) is 4. The van der Waals surface area contributed by atoms with Gasteiger partial charge in [-0.2, -0.15) is 0 Å². The fourth-order valence-corrected chi connectivity index (χ4v) is 2.59. The summed E-state index contributed by atoms with van der Waals surface area (Å²) >= 11 is 0. The lowest BCUT2D eigenvalue weighted by atomic mass is 10.1. The van der Waals surface area contributed by atoms with E-state index in [1.807, 2.05) is 0 Å². The Labute approximate surface area is 102 Å². The number of nitrogens with zero attached hydrogens (tertiary/aromatic N) is 1. The minimum absolute atomic E-state index is 0.834. The Morgan fingerprint density at radius 2 is 1.88 bits per heavy atom. The van der Waals surface area contributed by atoms with Gasteiger partial charge in [0.1, 0.15) is 0 Å². The van der Waals surface area contributed by atoms with Crippen molar-refractivity contribution in [2.24, 2.45) is 0 Å². The van der Waals surface area contributed by atoms with Crippen LogP contribution in [0.15, 0.2) is 0 Å². The van der Waals surface area contributed by atoms with E-state index in [0.29, 0.717) is 0 Å². The number of hydrogen-bond donors (Lipinski definition) is 1. The molecule has 1 saturated heterocycles. The smallest absolute Gasteiger partial charge is 0.0105 e. The van der Waals surface area contributed by atoms with Gasteiger partial charge in [-0.15, -0.1) is 0 Å². The van der Waals surface area contributed by atoms with Crippen LogP contribution in [0.4, 0.5) is 0 Å². The van der Waals surface area contributed by atoms with Gasteiger partial charge >= 0.3 is 0 Å². The average molecular weight is 226 g/mol. The minimum Gasteiger partial charge on any atom is -0.317 e. The summed E-state index contributed by atoms with van der Waals surface area (Å²) in [5, 5.41) is 3.49. The molecule has 0 aliphatic carbocycles. The second-order valence-electron chi connectivity index (χ2n) is 5.23. The predicted molar refractivity (Wildman–Crippen MR) is 71.9 cm³/mol. The summed E-state index contributed by atoms with van der Waals surface area (Å²) in [4.78, 5) is 2.60. The van der Waals surface area contributed by atoms with Gasteiger partial charge in [-0.05, 0) is 52.4 Å². The second-order valence-corrected chi connectivity index (χ2v) is 5.23. The summed E-state index contributed by atoms with van der Waals surface area (Å²) < 4.78 is 0. The monoisotopic (exact) mass is 226 g/mol. The fraction of sp³-hybridized carbons (Fsp3) is 1.00. The van der Waals surface area contributed by atoms with E-state index < -0.39 is 0 Å². The van der Waals surface area contributed by atoms with Gasteiger partial charge in [-0.3, -0.25) is 0 Å². The molecule has 2 nitrogen and oxygen atoms in total. The van der Waals surface area contributed by atoms with Crippen molar-refractivity contribution < 1.29 is 0 Å². The zero-order valence-electron chi connectivity index (χ0n) is 11.3. The lowest BCUT2D eigenvalue weighted by Gasteiger charge is -2.26. The molecule has 0 aromatic rings. The Morgan fingerprint density at radius 3 is 2.69 bits per heavy atom. The van der Waals surface area contributed by atoms with Crippen molar-refractivity contribution in [1.82, 2.24) is 10.2 Å². The maximum Gasteiger partial charge on any atom is 0.0105 e. The molecule has 0 aromatic heterocycles. The molecule has 1 rings (SSSR count). The Balaban J connectivity index is 2.05. The first-order valence-corrected chi connectivity index (χ1v) is 7.25. The van der Waals surface area contributed by atoms with Crippen molar-refractivity contribution in [3.63, 3.8) is 0 Å². The van der Waals surface area contributed by atoms with Crippen molar-refractivity contribution in [1.29, 1.82) is 0 Å². The molecule has 1 unspecified atom stereocenters. The average Bonchev–Trinajstić information content (AvgIpc) is 2.57. The molecular weight excluding hydrogens is 196 g/mol. The lowest BCUT2D eigenvalue weighted by molar-refractivity contribution is 0.220. The van der Waals surface area contributed by atoms with Crippen LogP contribution in [0.1, 0.15) is 58.3 Å². The van der Waals surface area contributed by atoms with Gasteiger partial charge < -0.3 is 10.2 Å². The molecule has 0 bridgehead atoms. The van der Waals surface area contributed by atoms with E-state index in [1.54, 1.807) is 0 Å². The summed E-state index contributed by atoms with van der Waals surface area (Å²) in [6, 6.07) is 0.834. The molecule has 0 radical (unpaired) electrons. The number of hydrogen-bond acceptors (Lipinski definition) is 2. The van der Waals surface area contributed by atoms with Crippen LogP contribution in [-0.2, 0) is 0 Å². The van der Waals surface area contributed by atoms with Crippen LogP contribution >= 0.6 is 0 Å². The van der Waals surface area contributed by atoms with E-state index >= 15 is 0 Å². The van der Waals surface area contributed by atoms with Crippen molar-refractivity contribution in [3.05, 3.63) is 0 Å². The van der Waals surface area contributed by atoms with Gasteiger partial charge in [0.05, 0.1) is 0 Å². The standard InChI is InChI=1S/C14H30N2/c1-3-4-5-6-7-13-16(2)14-9-8-11-15-12-10-14/h14-15H,3-13H2,1-2H3. The Bertz CT molecular complexity index is 151. The molecule has 16 heavy (non-hydrogen) atoms. The lowest BCUT2D eigenvalue weighted by Crippen LogP contribution is -2.33. The van der Waals surface area contributed by atoms with Crippen LogP contribution in [-0.4, -0.2) is 37.6 Å². The molecule has 1 aliphatic heterocycles. The summed E-state index contributed by atoms with van der Waals surface area (Å²) in [5.41, 5.74) is 0.